The summed E-state index contributed by atoms with van der Waals surface area (Å²) in [6, 6.07) is -2.18. The van der Waals surface area contributed by atoms with Crippen LogP contribution in [0, 0.1) is 29.6 Å². The van der Waals surface area contributed by atoms with Gasteiger partial charge in [-0.05, 0) is 196 Å². The summed E-state index contributed by atoms with van der Waals surface area (Å²) in [5.41, 5.74) is 48.7. The van der Waals surface area contributed by atoms with E-state index in [1.165, 1.54) is 6.92 Å². The number of fused-ring (bicyclic) bond motifs is 1. The molecule has 0 saturated heterocycles. The van der Waals surface area contributed by atoms with Crippen LogP contribution >= 0.6 is 0 Å². The quantitative estimate of drug-likeness (QED) is 0.0277. The van der Waals surface area contributed by atoms with Crippen molar-refractivity contribution in [3.63, 3.8) is 0 Å². The van der Waals surface area contributed by atoms with Crippen LogP contribution in [0.1, 0.15) is 209 Å². The Morgan fingerprint density at radius 1 is 0.333 bits per heavy atom. The van der Waals surface area contributed by atoms with E-state index >= 15 is 0 Å². The van der Waals surface area contributed by atoms with Crippen LogP contribution in [0.3, 0.4) is 0 Å². The maximum Gasteiger partial charge on any atom is 0.243 e. The van der Waals surface area contributed by atoms with E-state index in [1.807, 2.05) is 52.0 Å². The Balaban J connectivity index is 1.87. The molecule has 1 aromatic heterocycles. The molecule has 0 unspecified atom stereocenters. The van der Waals surface area contributed by atoms with Gasteiger partial charge < -0.3 is 125 Å². The number of benzene rings is 2. The maximum atomic E-state index is 15.0. The number of unbranched alkanes of at least 4 members (excludes halogenated alkanes) is 5. The first-order chi connectivity index (χ1) is 59.7. The average molecular weight is 1770 g/mol. The van der Waals surface area contributed by atoms with Crippen molar-refractivity contribution in [3.8, 4) is 0 Å². The summed E-state index contributed by atoms with van der Waals surface area (Å²) < 4.78 is 0. The number of primary amides is 2. The number of carbonyl (C=O) groups is 16. The van der Waals surface area contributed by atoms with Crippen LogP contribution in [-0.2, 0) is 89.6 Å². The van der Waals surface area contributed by atoms with Gasteiger partial charge in [-0.25, -0.2) is 0 Å². The molecule has 14 atom stereocenters. The summed E-state index contributed by atoms with van der Waals surface area (Å²) in [5, 5.41) is 38.2. The first-order valence-corrected chi connectivity index (χ1v) is 44.3. The molecule has 0 bridgehead atoms. The van der Waals surface area contributed by atoms with Crippen LogP contribution in [0.15, 0.2) is 60.8 Å². The normalized spacial score (nSPS) is 14.8. The summed E-state index contributed by atoms with van der Waals surface area (Å²) >= 11 is 0. The van der Waals surface area contributed by atoms with E-state index in [0.717, 1.165) is 10.9 Å². The summed E-state index contributed by atoms with van der Waals surface area (Å²) in [7, 11) is 0. The topological polar surface area (TPSA) is 665 Å². The highest BCUT2D eigenvalue weighted by atomic mass is 16.2. The van der Waals surface area contributed by atoms with Crippen LogP contribution in [0.2, 0.25) is 0 Å². The van der Waals surface area contributed by atoms with Crippen LogP contribution in [0.25, 0.3) is 10.9 Å². The number of nitrogens with one attached hydrogen (secondary N) is 15. The molecular formula is C87H147N23O16. The molecule has 1 heterocycles. The summed E-state index contributed by atoms with van der Waals surface area (Å²) in [6.07, 6.45) is 5.58. The number of hydrogen-bond acceptors (Lipinski definition) is 22. The highest BCUT2D eigenvalue weighted by Crippen LogP contribution is 2.22. The molecule has 31 N–H and O–H groups in total. The predicted molar refractivity (Wildman–Crippen MR) is 479 cm³/mol. The monoisotopic (exact) mass is 1770 g/mol. The molecule has 0 aliphatic heterocycles. The smallest absolute Gasteiger partial charge is 0.243 e. The van der Waals surface area contributed by atoms with Crippen molar-refractivity contribution in [2.75, 3.05) is 39.3 Å². The Bertz CT molecular complexity index is 3980. The van der Waals surface area contributed by atoms with Gasteiger partial charge in [0.25, 0.3) is 0 Å². The van der Waals surface area contributed by atoms with Gasteiger partial charge >= 0.3 is 0 Å². The fraction of sp³-hybridized carbons (Fsp3) is 0.655. The molecular weight excluding hydrogens is 1620 g/mol. The van der Waals surface area contributed by atoms with Crippen molar-refractivity contribution in [1.82, 2.24) is 79.4 Å². The molecule has 39 heteroatoms. The van der Waals surface area contributed by atoms with Gasteiger partial charge in [-0.3, -0.25) is 76.7 Å². The SMILES string of the molecule is CC(C)C[C@H](NC(=O)[C@@H](NC(=O)[C@H](CCCCN)NC(=O)[C@H](CC(C)C)NC(=O)[C@@H](NC(=O)[C@H](C)NC(=O)CNC(=O)[C@H](CC(N)=O)NC(=O)[C@H](CCCCN)NC(=O)[C@H](CCCCN)NC(=O)[C@H](Cc1ccccc1)NC(=O)[C@H](CC(C)C)NC(=O)[C@H](CCCCN)NC(=O)[C@H](Cc1c[nH]c2ccccc12)NC(=O)[C@@H](N)CCCCN)C(C)C)C(C)C)C(N)=O. The van der Waals surface area contributed by atoms with Gasteiger partial charge in [0.05, 0.1) is 19.0 Å². The van der Waals surface area contributed by atoms with E-state index in [4.69, 9.17) is 45.9 Å². The number of nitrogens with two attached hydrogens (primary N) is 8. The number of hydrogen-bond donors (Lipinski definition) is 23. The molecule has 39 nitrogen and oxygen atoms in total. The largest absolute Gasteiger partial charge is 0.370 e. The van der Waals surface area contributed by atoms with Crippen molar-refractivity contribution in [2.24, 2.45) is 75.5 Å². The predicted octanol–water partition coefficient (Wildman–Crippen LogP) is -1.83. The Hall–Kier alpha value is -10.7. The average Bonchev–Trinajstić information content (AvgIpc) is 1.61. The van der Waals surface area contributed by atoms with Crippen molar-refractivity contribution in [2.45, 2.75) is 296 Å². The molecule has 0 spiro atoms. The molecule has 0 saturated carbocycles. The lowest BCUT2D eigenvalue weighted by Crippen LogP contribution is -2.61. The number of carbonyl (C=O) groups excluding carboxylic acids is 16. The number of para-hydroxylation sites is 1. The lowest BCUT2D eigenvalue weighted by molar-refractivity contribution is -0.136. The molecule has 3 aromatic rings. The lowest BCUT2D eigenvalue weighted by Gasteiger charge is -2.29. The second-order valence-corrected chi connectivity index (χ2v) is 34.3. The van der Waals surface area contributed by atoms with Crippen LogP contribution < -0.4 is 120 Å². The van der Waals surface area contributed by atoms with Crippen LogP contribution in [0.5, 0.6) is 0 Å². The van der Waals surface area contributed by atoms with E-state index in [-0.39, 0.29) is 115 Å². The van der Waals surface area contributed by atoms with Crippen molar-refractivity contribution < 1.29 is 76.7 Å². The zero-order valence-corrected chi connectivity index (χ0v) is 75.5. The number of amides is 16. The summed E-state index contributed by atoms with van der Waals surface area (Å²) in [4.78, 5) is 228. The number of aromatic nitrogens is 1. The standard InChI is InChI=1S/C87H147N23O16/c1-49(2)41-64(74(95)113)103-86(125)73(53(9)10)110-81(120)63(35-21-26-40-92)102-82(121)66(43-51(5)6)108-87(126)72(52(7)8)109-75(114)54(11)98-71(112)48-97-77(116)69(46-70(94)111)107-80(119)61(33-19-24-38-90)99-78(117)60(32-18-23-37-89)100-84(123)67(44-55-27-13-12-14-28-55)106-83(122)65(42-50(3)4)105-79(118)62(34-20-25-39-91)101-85(124)68(104-76(115)58(93)30-17-22-36-88)45-56-47-96-59-31-16-15-29-57(56)59/h12-16,27-29,31,47,49-54,58,60-69,72-73,96H,17-26,30,32-46,48,88-93H2,1-11H3,(H2,94,111)(H2,95,113)(H,97,116)(H,98,112)(H,99,117)(H,100,123)(H,101,124)(H,102,121)(H,103,125)(H,104,115)(H,105,118)(H,106,122)(H,107,119)(H,108,126)(H,109,114)(H,110,120)/t54-,58-,60-,61-,62-,63-,64-,65-,66-,67-,68-,69-,72-,73-/m0/s1. The second-order valence-electron chi connectivity index (χ2n) is 34.3. The van der Waals surface area contributed by atoms with Gasteiger partial charge in [-0.2, -0.15) is 0 Å². The first kappa shape index (κ1) is 109. The summed E-state index contributed by atoms with van der Waals surface area (Å²) in [6.45, 7) is 19.3. The molecule has 0 fully saturated rings. The summed E-state index contributed by atoms with van der Waals surface area (Å²) in [5.74, 6) is -14.8. The van der Waals surface area contributed by atoms with E-state index in [1.54, 1.807) is 78.1 Å². The minimum absolute atomic E-state index is 0.00307. The molecule has 3 rings (SSSR count). The Kier molecular flexibility index (Phi) is 50.8. The maximum absolute atomic E-state index is 15.0. The van der Waals surface area contributed by atoms with E-state index in [9.17, 15) is 76.7 Å². The number of aromatic amines is 1. The third kappa shape index (κ3) is 40.7. The lowest BCUT2D eigenvalue weighted by atomic mass is 9.98. The fourth-order valence-corrected chi connectivity index (χ4v) is 14.0. The van der Waals surface area contributed by atoms with Crippen LogP contribution in [-0.4, -0.2) is 223 Å². The molecule has 2 aromatic carbocycles. The highest BCUT2D eigenvalue weighted by Gasteiger charge is 2.39. The van der Waals surface area contributed by atoms with Gasteiger partial charge in [0, 0.05) is 29.9 Å². The molecule has 126 heavy (non-hydrogen) atoms. The van der Waals surface area contributed by atoms with E-state index in [0.29, 0.717) is 75.5 Å². The van der Waals surface area contributed by atoms with Crippen molar-refractivity contribution >= 4 is 105 Å². The molecule has 0 aliphatic carbocycles. The number of H-pyrrole nitrogens is 1. The number of rotatable bonds is 63. The third-order valence-electron chi connectivity index (χ3n) is 21.0. The zero-order valence-electron chi connectivity index (χ0n) is 75.5. The highest BCUT2D eigenvalue weighted by molar-refractivity contribution is 6.01. The van der Waals surface area contributed by atoms with Crippen molar-refractivity contribution in [1.29, 1.82) is 0 Å². The van der Waals surface area contributed by atoms with Crippen molar-refractivity contribution in [3.05, 3.63) is 71.9 Å². The van der Waals surface area contributed by atoms with Crippen LogP contribution in [0.4, 0.5) is 0 Å². The minimum atomic E-state index is -1.76. The zero-order chi connectivity index (χ0) is 94.3. The van der Waals surface area contributed by atoms with Gasteiger partial charge in [0.1, 0.15) is 78.5 Å². The Morgan fingerprint density at radius 2 is 0.675 bits per heavy atom. The molecule has 706 valence electrons. The van der Waals surface area contributed by atoms with Gasteiger partial charge in [0.2, 0.25) is 94.5 Å². The van der Waals surface area contributed by atoms with Gasteiger partial charge in [-0.1, -0.05) is 124 Å². The fourth-order valence-electron chi connectivity index (χ4n) is 14.0. The Morgan fingerprint density at radius 3 is 1.10 bits per heavy atom. The van der Waals surface area contributed by atoms with Gasteiger partial charge in [0.15, 0.2) is 0 Å². The third-order valence-corrected chi connectivity index (χ3v) is 21.0. The van der Waals surface area contributed by atoms with E-state index < -0.39 is 204 Å². The second kappa shape index (κ2) is 58.5. The molecule has 0 radical (unpaired) electrons. The molecule has 16 amide bonds. The Labute approximate surface area is 740 Å². The van der Waals surface area contributed by atoms with E-state index in [2.05, 4.69) is 79.4 Å². The first-order valence-electron chi connectivity index (χ1n) is 44.3. The minimum Gasteiger partial charge on any atom is -0.370 e. The molecule has 0 aliphatic rings. The van der Waals surface area contributed by atoms with Gasteiger partial charge in [-0.15, -0.1) is 0 Å².